The first-order valence-electron chi connectivity index (χ1n) is 8.98. The van der Waals surface area contributed by atoms with Crippen molar-refractivity contribution in [3.63, 3.8) is 0 Å². The fraction of sp³-hybridized carbons (Fsp3) is 0.789. The molecule has 0 rings (SSSR count). The van der Waals surface area contributed by atoms with Gasteiger partial charge in [0.2, 0.25) is 0 Å². The molecule has 24 heavy (non-hydrogen) atoms. The topological polar surface area (TPSA) is 37.3 Å². The van der Waals surface area contributed by atoms with Gasteiger partial charge in [-0.25, -0.2) is 0 Å². The van der Waals surface area contributed by atoms with Gasteiger partial charge < -0.3 is 5.11 Å². The highest BCUT2D eigenvalue weighted by Gasteiger charge is 2.53. The summed E-state index contributed by atoms with van der Waals surface area (Å²) in [6.45, 7) is 5.92. The summed E-state index contributed by atoms with van der Waals surface area (Å²) in [6.07, 6.45) is 10.7. The first-order valence-corrected chi connectivity index (χ1v) is 10.4. The van der Waals surface area contributed by atoms with E-state index in [1.54, 1.807) is 6.92 Å². The van der Waals surface area contributed by atoms with Crippen LogP contribution in [0.25, 0.3) is 0 Å². The maximum Gasteiger partial charge on any atom is 0.311 e. The van der Waals surface area contributed by atoms with E-state index < -0.39 is 16.8 Å². The standard InChI is InChI=1S/C19H32O2S3/c1-4-5-6-7-8-9-10-11-12-16(2)18(3,17(20)21)19(13-22,14-23)15-24/h13-16H,4-12H2,1-3H3,(H,20,21). The van der Waals surface area contributed by atoms with Gasteiger partial charge in [-0.15, -0.1) is 0 Å². The molecule has 0 aliphatic carbocycles. The molecule has 0 heterocycles. The summed E-state index contributed by atoms with van der Waals surface area (Å²) >= 11 is 15.3. The van der Waals surface area contributed by atoms with E-state index in [-0.39, 0.29) is 5.92 Å². The first-order chi connectivity index (χ1) is 11.4. The normalized spacial score (nSPS) is 15.3. The van der Waals surface area contributed by atoms with Gasteiger partial charge in [0.05, 0.1) is 10.8 Å². The van der Waals surface area contributed by atoms with E-state index in [1.807, 2.05) is 6.92 Å². The van der Waals surface area contributed by atoms with Crippen LogP contribution in [0.5, 0.6) is 0 Å². The molecule has 0 amide bonds. The monoisotopic (exact) mass is 388 g/mol. The van der Waals surface area contributed by atoms with E-state index in [4.69, 9.17) is 36.7 Å². The summed E-state index contributed by atoms with van der Waals surface area (Å²) in [4.78, 5) is 12.0. The van der Waals surface area contributed by atoms with Crippen molar-refractivity contribution in [2.45, 2.75) is 78.6 Å². The highest BCUT2D eigenvalue weighted by atomic mass is 32.1. The van der Waals surface area contributed by atoms with Crippen LogP contribution in [0.4, 0.5) is 0 Å². The number of thiocarbonyl (C=S) groups is 3. The van der Waals surface area contributed by atoms with Crippen molar-refractivity contribution >= 4 is 58.7 Å². The quantitative estimate of drug-likeness (QED) is 0.266. The van der Waals surface area contributed by atoms with Gasteiger partial charge in [-0.3, -0.25) is 4.79 Å². The van der Waals surface area contributed by atoms with Crippen molar-refractivity contribution in [3.8, 4) is 0 Å². The molecule has 0 bridgehead atoms. The molecule has 1 N–H and O–H groups in total. The van der Waals surface area contributed by atoms with Crippen molar-refractivity contribution in [1.29, 1.82) is 0 Å². The average Bonchev–Trinajstić information content (AvgIpc) is 2.58. The number of carboxylic acids is 1. The Balaban J connectivity index is 4.64. The maximum atomic E-state index is 12.0. The Bertz CT molecular complexity index is 401. The lowest BCUT2D eigenvalue weighted by Crippen LogP contribution is -2.52. The van der Waals surface area contributed by atoms with Gasteiger partial charge in [0.25, 0.3) is 0 Å². The second-order valence-corrected chi connectivity index (χ2v) is 7.67. The van der Waals surface area contributed by atoms with Crippen molar-refractivity contribution in [1.82, 2.24) is 0 Å². The van der Waals surface area contributed by atoms with E-state index in [1.165, 1.54) is 54.6 Å². The summed E-state index contributed by atoms with van der Waals surface area (Å²) in [7, 11) is 0. The van der Waals surface area contributed by atoms with Crippen LogP contribution in [0, 0.1) is 16.7 Å². The minimum absolute atomic E-state index is 0.0623. The smallest absolute Gasteiger partial charge is 0.311 e. The lowest BCUT2D eigenvalue weighted by Gasteiger charge is -2.42. The minimum atomic E-state index is -1.10. The van der Waals surface area contributed by atoms with Crippen LogP contribution in [-0.2, 0) is 4.79 Å². The van der Waals surface area contributed by atoms with Crippen LogP contribution in [0.3, 0.4) is 0 Å². The first kappa shape index (κ1) is 23.7. The number of unbranched alkanes of at least 4 members (excludes halogenated alkanes) is 7. The molecule has 0 fully saturated rings. The SMILES string of the molecule is CCCCCCCCCCC(C)C(C)(C(=O)O)C(C=S)(C=S)C=S. The predicted octanol–water partition coefficient (Wildman–Crippen LogP) is 6.23. The van der Waals surface area contributed by atoms with E-state index >= 15 is 0 Å². The third-order valence-electron chi connectivity index (χ3n) is 5.41. The lowest BCUT2D eigenvalue weighted by atomic mass is 9.60. The molecule has 0 saturated heterocycles. The molecular formula is C19H32O2S3. The zero-order valence-electron chi connectivity index (χ0n) is 15.3. The molecule has 0 aliphatic heterocycles. The largest absolute Gasteiger partial charge is 0.481 e. The molecule has 0 aromatic heterocycles. The van der Waals surface area contributed by atoms with Gasteiger partial charge in [0, 0.05) is 0 Å². The zero-order valence-corrected chi connectivity index (χ0v) is 17.7. The second kappa shape index (κ2) is 12.2. The number of rotatable bonds is 15. The Morgan fingerprint density at radius 3 is 1.75 bits per heavy atom. The maximum absolute atomic E-state index is 12.0. The highest BCUT2D eigenvalue weighted by molar-refractivity contribution is 7.82. The van der Waals surface area contributed by atoms with Crippen LogP contribution < -0.4 is 0 Å². The van der Waals surface area contributed by atoms with Crippen molar-refractivity contribution in [2.75, 3.05) is 0 Å². The Kier molecular flexibility index (Phi) is 12.0. The van der Waals surface area contributed by atoms with E-state index in [0.717, 1.165) is 19.3 Å². The number of carbonyl (C=O) groups is 1. The molecule has 2 unspecified atom stereocenters. The molecule has 138 valence electrons. The summed E-state index contributed by atoms with van der Waals surface area (Å²) in [5, 5.41) is 14.1. The van der Waals surface area contributed by atoms with Crippen LogP contribution in [0.2, 0.25) is 0 Å². The average molecular weight is 389 g/mol. The van der Waals surface area contributed by atoms with Crippen LogP contribution in [0.1, 0.15) is 78.6 Å². The third kappa shape index (κ3) is 5.92. The van der Waals surface area contributed by atoms with Gasteiger partial charge in [0.1, 0.15) is 0 Å². The highest BCUT2D eigenvalue weighted by Crippen LogP contribution is 2.45. The van der Waals surface area contributed by atoms with Gasteiger partial charge >= 0.3 is 5.97 Å². The fourth-order valence-electron chi connectivity index (χ4n) is 3.15. The van der Waals surface area contributed by atoms with Crippen LogP contribution in [-0.4, -0.2) is 27.2 Å². The Labute approximate surface area is 163 Å². The molecular weight excluding hydrogens is 356 g/mol. The van der Waals surface area contributed by atoms with Gasteiger partial charge in [-0.05, 0) is 35.4 Å². The molecule has 2 atom stereocenters. The van der Waals surface area contributed by atoms with Crippen molar-refractivity contribution < 1.29 is 9.90 Å². The molecule has 2 nitrogen and oxygen atoms in total. The summed E-state index contributed by atoms with van der Waals surface area (Å²) in [6, 6.07) is 0. The number of carboxylic acid groups (broad SMARTS) is 1. The van der Waals surface area contributed by atoms with E-state index in [2.05, 4.69) is 6.92 Å². The van der Waals surface area contributed by atoms with Crippen molar-refractivity contribution in [2.24, 2.45) is 16.7 Å². The summed E-state index contributed by atoms with van der Waals surface area (Å²) in [5.41, 5.74) is -2.11. The number of hydrogen-bond donors (Lipinski definition) is 1. The second-order valence-electron chi connectivity index (χ2n) is 6.96. The van der Waals surface area contributed by atoms with E-state index in [0.29, 0.717) is 0 Å². The van der Waals surface area contributed by atoms with Gasteiger partial charge in [-0.2, -0.15) is 0 Å². The molecule has 0 aromatic rings. The van der Waals surface area contributed by atoms with Gasteiger partial charge in [-0.1, -0.05) is 102 Å². The zero-order chi connectivity index (χ0) is 18.6. The Hall–Kier alpha value is -0.260. The Morgan fingerprint density at radius 1 is 0.958 bits per heavy atom. The Morgan fingerprint density at radius 2 is 1.38 bits per heavy atom. The molecule has 5 heteroatoms. The van der Waals surface area contributed by atoms with Gasteiger partial charge in [0.15, 0.2) is 0 Å². The predicted molar refractivity (Wildman–Crippen MR) is 116 cm³/mol. The lowest BCUT2D eigenvalue weighted by molar-refractivity contribution is -0.153. The third-order valence-corrected chi connectivity index (χ3v) is 6.58. The van der Waals surface area contributed by atoms with Crippen LogP contribution in [0.15, 0.2) is 0 Å². The minimum Gasteiger partial charge on any atom is -0.481 e. The molecule has 0 spiro atoms. The molecule has 0 radical (unpaired) electrons. The number of hydrogen-bond acceptors (Lipinski definition) is 4. The molecule has 0 aliphatic rings. The summed E-state index contributed by atoms with van der Waals surface area (Å²) in [5.74, 6) is -0.953. The van der Waals surface area contributed by atoms with Crippen molar-refractivity contribution in [3.05, 3.63) is 0 Å². The molecule has 0 saturated carbocycles. The van der Waals surface area contributed by atoms with Crippen LogP contribution >= 0.6 is 36.7 Å². The fourth-order valence-corrected chi connectivity index (χ4v) is 4.55. The summed E-state index contributed by atoms with van der Waals surface area (Å²) < 4.78 is 0. The van der Waals surface area contributed by atoms with E-state index in [9.17, 15) is 9.90 Å². The molecule has 0 aromatic carbocycles. The number of aliphatic carboxylic acids is 1.